The van der Waals surface area contributed by atoms with Crippen molar-refractivity contribution >= 4 is 39.5 Å². The molecule has 11 heteroatoms. The summed E-state index contributed by atoms with van der Waals surface area (Å²) in [5.74, 6) is -1.88. The number of hydrogen-bond acceptors (Lipinski definition) is 6. The molecule has 0 aromatic heterocycles. The monoisotopic (exact) mass is 546 g/mol. The molecule has 0 bridgehead atoms. The number of amides is 3. The predicted octanol–water partition coefficient (Wildman–Crippen LogP) is 2.42. The van der Waals surface area contributed by atoms with Crippen LogP contribution in [0.15, 0.2) is 59.1 Å². The van der Waals surface area contributed by atoms with E-state index in [2.05, 4.69) is 20.8 Å². The Morgan fingerprint density at radius 3 is 2.34 bits per heavy atom. The van der Waals surface area contributed by atoms with E-state index in [0.717, 1.165) is 15.1 Å². The first-order valence-corrected chi connectivity index (χ1v) is 12.1. The fourth-order valence-corrected chi connectivity index (χ4v) is 5.08. The van der Waals surface area contributed by atoms with Crippen LogP contribution in [0.3, 0.4) is 0 Å². The van der Waals surface area contributed by atoms with E-state index in [0.29, 0.717) is 31.9 Å². The molecule has 35 heavy (non-hydrogen) atoms. The Bertz CT molecular complexity index is 1060. The molecule has 2 fully saturated rings. The van der Waals surface area contributed by atoms with Crippen LogP contribution in [0.25, 0.3) is 0 Å². The second kappa shape index (κ2) is 11.0. The molecule has 2 aromatic carbocycles. The first-order valence-electron chi connectivity index (χ1n) is 11.3. The number of para-hydroxylation sites is 1. The van der Waals surface area contributed by atoms with Gasteiger partial charge < -0.3 is 19.6 Å². The molecule has 0 spiro atoms. The Morgan fingerprint density at radius 1 is 1.00 bits per heavy atom. The number of hydrogen-bond donors (Lipinski definition) is 3. The molecule has 3 amide bonds. The molecule has 2 aliphatic rings. The Morgan fingerprint density at radius 2 is 1.71 bits per heavy atom. The van der Waals surface area contributed by atoms with Gasteiger partial charge in [-0.15, -0.1) is 0 Å². The van der Waals surface area contributed by atoms with Crippen molar-refractivity contribution in [2.75, 3.05) is 37.6 Å². The number of piperazine rings is 1. The van der Waals surface area contributed by atoms with Crippen LogP contribution in [0.2, 0.25) is 0 Å². The number of carbonyl (C=O) groups excluding carboxylic acids is 2. The first kappa shape index (κ1) is 24.8. The molecule has 4 rings (SSSR count). The summed E-state index contributed by atoms with van der Waals surface area (Å²) in [5, 5.41) is 19.3. The number of carboxylic acid groups (broad SMARTS) is 1. The highest BCUT2D eigenvalue weighted by Gasteiger charge is 2.48. The number of benzene rings is 2. The van der Waals surface area contributed by atoms with E-state index in [9.17, 15) is 24.7 Å². The van der Waals surface area contributed by atoms with Crippen LogP contribution in [0.1, 0.15) is 6.42 Å². The van der Waals surface area contributed by atoms with E-state index in [1.807, 2.05) is 36.4 Å². The minimum Gasteiger partial charge on any atom is -0.489 e. The minimum atomic E-state index is -1.33. The third-order valence-electron chi connectivity index (χ3n) is 6.39. The third-order valence-corrected chi connectivity index (χ3v) is 6.88. The summed E-state index contributed by atoms with van der Waals surface area (Å²) in [6.07, 6.45) is -1.94. The van der Waals surface area contributed by atoms with Crippen LogP contribution >= 0.6 is 15.9 Å². The Hall–Kier alpha value is -3.31. The quantitative estimate of drug-likeness (QED) is 0.388. The van der Waals surface area contributed by atoms with Crippen molar-refractivity contribution in [1.82, 2.24) is 15.3 Å². The average Bonchev–Trinajstić information content (AvgIpc) is 2.88. The van der Waals surface area contributed by atoms with Crippen LogP contribution in [0.4, 0.5) is 10.5 Å². The summed E-state index contributed by atoms with van der Waals surface area (Å²) >= 11 is 3.36. The van der Waals surface area contributed by atoms with Gasteiger partial charge in [0.1, 0.15) is 17.9 Å². The zero-order valence-corrected chi connectivity index (χ0v) is 20.5. The molecule has 186 valence electrons. The number of rotatable bonds is 5. The number of hydroxylamine groups is 1. The molecule has 3 atom stereocenters. The zero-order chi connectivity index (χ0) is 24.9. The van der Waals surface area contributed by atoms with Gasteiger partial charge in [0, 0.05) is 42.8 Å². The Labute approximate surface area is 211 Å². The van der Waals surface area contributed by atoms with Gasteiger partial charge in [0.25, 0.3) is 0 Å². The zero-order valence-electron chi connectivity index (χ0n) is 18.9. The summed E-state index contributed by atoms with van der Waals surface area (Å²) in [6.45, 7) is 1.87. The van der Waals surface area contributed by atoms with Crippen molar-refractivity contribution < 1.29 is 29.4 Å². The van der Waals surface area contributed by atoms with Gasteiger partial charge in [0.2, 0.25) is 11.8 Å². The van der Waals surface area contributed by atoms with Crippen LogP contribution in [0.5, 0.6) is 5.75 Å². The Balaban J connectivity index is 1.51. The van der Waals surface area contributed by atoms with E-state index < -0.39 is 36.0 Å². The third kappa shape index (κ3) is 5.68. The maximum absolute atomic E-state index is 13.5. The molecule has 0 aliphatic carbocycles. The number of likely N-dealkylation sites (tertiary alicyclic amines) is 1. The molecule has 2 aliphatic heterocycles. The summed E-state index contributed by atoms with van der Waals surface area (Å²) < 4.78 is 6.74. The van der Waals surface area contributed by atoms with Gasteiger partial charge in [-0.2, -0.15) is 0 Å². The molecule has 0 saturated carbocycles. The summed E-state index contributed by atoms with van der Waals surface area (Å²) in [7, 11) is 0. The smallest absolute Gasteiger partial charge is 0.408 e. The van der Waals surface area contributed by atoms with Gasteiger partial charge in [-0.1, -0.05) is 40.2 Å². The molecular formula is C24H27BrN4O6. The van der Waals surface area contributed by atoms with Crippen molar-refractivity contribution in [1.29, 1.82) is 0 Å². The topological polar surface area (TPSA) is 123 Å². The number of anilines is 1. The van der Waals surface area contributed by atoms with Crippen molar-refractivity contribution in [2.24, 2.45) is 5.92 Å². The molecule has 2 heterocycles. The molecule has 3 unspecified atom stereocenters. The lowest BCUT2D eigenvalue weighted by molar-refractivity contribution is -0.150. The lowest BCUT2D eigenvalue weighted by Gasteiger charge is -2.44. The molecule has 3 N–H and O–H groups in total. The fraction of sp³-hybridized carbons (Fsp3) is 0.375. The average molecular weight is 547 g/mol. The summed E-state index contributed by atoms with van der Waals surface area (Å²) in [6, 6.07) is 15.6. The van der Waals surface area contributed by atoms with E-state index in [1.54, 1.807) is 28.6 Å². The second-order valence-electron chi connectivity index (χ2n) is 8.54. The maximum atomic E-state index is 13.5. The number of nitrogens with zero attached hydrogens (tertiary/aromatic N) is 3. The number of nitrogens with one attached hydrogen (secondary N) is 1. The molecule has 2 aromatic rings. The lowest BCUT2D eigenvalue weighted by atomic mass is 9.86. The summed E-state index contributed by atoms with van der Waals surface area (Å²) in [4.78, 5) is 43.0. The number of carbonyl (C=O) groups is 3. The Kier molecular flexibility index (Phi) is 7.76. The van der Waals surface area contributed by atoms with Gasteiger partial charge in [-0.3, -0.25) is 19.7 Å². The number of ether oxygens (including phenoxy) is 1. The van der Waals surface area contributed by atoms with Crippen LogP contribution in [0, 0.1) is 5.92 Å². The van der Waals surface area contributed by atoms with Crippen LogP contribution in [-0.4, -0.2) is 82.9 Å². The highest BCUT2D eigenvalue weighted by molar-refractivity contribution is 9.10. The van der Waals surface area contributed by atoms with Crippen LogP contribution < -0.4 is 15.1 Å². The van der Waals surface area contributed by atoms with Gasteiger partial charge in [-0.05, 0) is 30.3 Å². The molecular weight excluding hydrogens is 520 g/mol. The highest BCUT2D eigenvalue weighted by atomic mass is 79.9. The van der Waals surface area contributed by atoms with Gasteiger partial charge in [0.05, 0.1) is 12.5 Å². The predicted molar refractivity (Wildman–Crippen MR) is 130 cm³/mol. The van der Waals surface area contributed by atoms with E-state index in [4.69, 9.17) is 4.74 Å². The second-order valence-corrected chi connectivity index (χ2v) is 9.46. The van der Waals surface area contributed by atoms with Crippen molar-refractivity contribution in [2.45, 2.75) is 18.6 Å². The van der Waals surface area contributed by atoms with Crippen LogP contribution in [-0.2, 0) is 9.59 Å². The van der Waals surface area contributed by atoms with Gasteiger partial charge >= 0.3 is 6.09 Å². The van der Waals surface area contributed by atoms with E-state index in [1.165, 1.54) is 0 Å². The molecule has 2 saturated heterocycles. The first-order chi connectivity index (χ1) is 16.9. The SMILES string of the molecule is O=C(NO)C1CC(Oc2cccc(Br)c2)CN(C(=O)O)C1C(=O)N1CCN(c2ccccc2)CC1. The number of halogens is 1. The minimum absolute atomic E-state index is 0.0725. The molecule has 0 radical (unpaired) electrons. The van der Waals surface area contributed by atoms with Gasteiger partial charge in [0.15, 0.2) is 0 Å². The van der Waals surface area contributed by atoms with Crippen molar-refractivity contribution in [3.05, 3.63) is 59.1 Å². The van der Waals surface area contributed by atoms with Crippen molar-refractivity contribution in [3.63, 3.8) is 0 Å². The van der Waals surface area contributed by atoms with Crippen molar-refractivity contribution in [3.8, 4) is 5.75 Å². The maximum Gasteiger partial charge on any atom is 0.408 e. The van der Waals surface area contributed by atoms with Gasteiger partial charge in [-0.25, -0.2) is 10.3 Å². The normalized spacial score (nSPS) is 22.5. The van der Waals surface area contributed by atoms with E-state index >= 15 is 0 Å². The largest absolute Gasteiger partial charge is 0.489 e. The summed E-state index contributed by atoms with van der Waals surface area (Å²) in [5.41, 5.74) is 2.65. The standard InChI is InChI=1S/C24H27BrN4O6/c25-16-5-4-8-18(13-16)35-19-14-20(22(30)26-34)21(29(15-19)24(32)33)23(31)28-11-9-27(10-12-28)17-6-2-1-3-7-17/h1-8,13,19-21,34H,9-12,14-15H2,(H,26,30)(H,32,33). The lowest BCUT2D eigenvalue weighted by Crippen LogP contribution is -2.64. The fourth-order valence-electron chi connectivity index (χ4n) is 4.70. The number of piperidine rings is 1. The van der Waals surface area contributed by atoms with E-state index in [-0.39, 0.29) is 13.0 Å². The molecule has 10 nitrogen and oxygen atoms in total. The highest BCUT2D eigenvalue weighted by Crippen LogP contribution is 2.30.